The molecule has 2 saturated heterocycles. The minimum atomic E-state index is -0.140. The first-order chi connectivity index (χ1) is 13.2. The molecule has 0 radical (unpaired) electrons. The molecule has 2 atom stereocenters. The van der Waals surface area contributed by atoms with Crippen LogP contribution in [0.1, 0.15) is 29.6 Å². The highest BCUT2D eigenvalue weighted by molar-refractivity contribution is 5.94. The summed E-state index contributed by atoms with van der Waals surface area (Å²) in [6.45, 7) is 3.43. The van der Waals surface area contributed by atoms with Crippen molar-refractivity contribution in [3.63, 3.8) is 0 Å². The number of H-pyrrole nitrogens is 1. The number of aromatic nitrogens is 1. The van der Waals surface area contributed by atoms with E-state index < -0.39 is 0 Å². The highest BCUT2D eigenvalue weighted by Gasteiger charge is 2.34. The predicted molar refractivity (Wildman–Crippen MR) is 104 cm³/mol. The summed E-state index contributed by atoms with van der Waals surface area (Å²) in [7, 11) is 0. The van der Waals surface area contributed by atoms with Crippen LogP contribution in [0.5, 0.6) is 0 Å². The van der Waals surface area contributed by atoms with Crippen molar-refractivity contribution in [1.29, 1.82) is 0 Å². The van der Waals surface area contributed by atoms with Gasteiger partial charge in [-0.1, -0.05) is 24.6 Å². The van der Waals surface area contributed by atoms with Crippen LogP contribution >= 0.6 is 0 Å². The zero-order valence-corrected chi connectivity index (χ0v) is 15.3. The first kappa shape index (κ1) is 17.9. The van der Waals surface area contributed by atoms with E-state index in [2.05, 4.69) is 15.2 Å². The van der Waals surface area contributed by atoms with Gasteiger partial charge in [0.25, 0.3) is 5.91 Å². The van der Waals surface area contributed by atoms with E-state index in [9.17, 15) is 9.59 Å². The van der Waals surface area contributed by atoms with Crippen LogP contribution in [0.15, 0.2) is 47.3 Å². The SMILES string of the molecule is O=C(N[C@H]1COC[C@@H]1N1CCCCC1)c1ccc(-c2cccc(=O)[nH]2)cc1. The van der Waals surface area contributed by atoms with Gasteiger partial charge in [0.15, 0.2) is 0 Å². The van der Waals surface area contributed by atoms with E-state index in [1.165, 1.54) is 25.3 Å². The van der Waals surface area contributed by atoms with Crippen molar-refractivity contribution >= 4 is 5.91 Å². The lowest BCUT2D eigenvalue weighted by molar-refractivity contribution is 0.0900. The largest absolute Gasteiger partial charge is 0.378 e. The molecule has 6 nitrogen and oxygen atoms in total. The number of aromatic amines is 1. The minimum absolute atomic E-state index is 0.0285. The molecule has 2 fully saturated rings. The molecular weight excluding hydrogens is 342 g/mol. The molecule has 0 spiro atoms. The van der Waals surface area contributed by atoms with Gasteiger partial charge in [-0.3, -0.25) is 14.5 Å². The smallest absolute Gasteiger partial charge is 0.251 e. The normalized spacial score (nSPS) is 23.3. The summed E-state index contributed by atoms with van der Waals surface area (Å²) < 4.78 is 5.66. The van der Waals surface area contributed by atoms with E-state index >= 15 is 0 Å². The Hall–Kier alpha value is -2.44. The summed E-state index contributed by atoms with van der Waals surface area (Å²) in [5.74, 6) is -0.0828. The summed E-state index contributed by atoms with van der Waals surface area (Å²) in [5.41, 5.74) is 2.09. The lowest BCUT2D eigenvalue weighted by atomic mass is 10.0. The topological polar surface area (TPSA) is 74.4 Å². The molecule has 1 aromatic heterocycles. The van der Waals surface area contributed by atoms with Crippen LogP contribution in [0.25, 0.3) is 11.3 Å². The fourth-order valence-electron chi connectivity index (χ4n) is 3.96. The average molecular weight is 367 g/mol. The van der Waals surface area contributed by atoms with E-state index in [1.54, 1.807) is 18.2 Å². The maximum absolute atomic E-state index is 12.7. The summed E-state index contributed by atoms with van der Waals surface area (Å²) in [5, 5.41) is 3.15. The summed E-state index contributed by atoms with van der Waals surface area (Å²) in [6, 6.07) is 12.6. The monoisotopic (exact) mass is 367 g/mol. The van der Waals surface area contributed by atoms with Crippen molar-refractivity contribution in [3.8, 4) is 11.3 Å². The zero-order chi connectivity index (χ0) is 18.6. The van der Waals surface area contributed by atoms with Crippen molar-refractivity contribution < 1.29 is 9.53 Å². The van der Waals surface area contributed by atoms with E-state index in [0.29, 0.717) is 18.8 Å². The van der Waals surface area contributed by atoms with Gasteiger partial charge in [-0.15, -0.1) is 0 Å². The third kappa shape index (κ3) is 4.12. The van der Waals surface area contributed by atoms with Gasteiger partial charge in [0.2, 0.25) is 5.56 Å². The number of nitrogens with one attached hydrogen (secondary N) is 2. The molecule has 0 aliphatic carbocycles. The number of likely N-dealkylation sites (tertiary alicyclic amines) is 1. The van der Waals surface area contributed by atoms with Crippen molar-refractivity contribution in [1.82, 2.24) is 15.2 Å². The molecule has 0 unspecified atom stereocenters. The second-order valence-corrected chi connectivity index (χ2v) is 7.29. The van der Waals surface area contributed by atoms with E-state index in [1.807, 2.05) is 18.2 Å². The summed E-state index contributed by atoms with van der Waals surface area (Å²) >= 11 is 0. The van der Waals surface area contributed by atoms with E-state index in [0.717, 1.165) is 24.3 Å². The molecule has 142 valence electrons. The summed E-state index contributed by atoms with van der Waals surface area (Å²) in [4.78, 5) is 29.4. The van der Waals surface area contributed by atoms with Crippen molar-refractivity contribution in [3.05, 3.63) is 58.4 Å². The lowest BCUT2D eigenvalue weighted by Crippen LogP contribution is -2.52. The number of piperidine rings is 1. The Morgan fingerprint density at radius 2 is 1.81 bits per heavy atom. The Labute approximate surface area is 158 Å². The van der Waals surface area contributed by atoms with E-state index in [4.69, 9.17) is 4.74 Å². The van der Waals surface area contributed by atoms with Gasteiger partial charge in [-0.2, -0.15) is 0 Å². The second kappa shape index (κ2) is 8.06. The zero-order valence-electron chi connectivity index (χ0n) is 15.3. The number of hydrogen-bond acceptors (Lipinski definition) is 4. The molecule has 3 heterocycles. The predicted octanol–water partition coefficient (Wildman–Crippen LogP) is 2.02. The molecule has 2 aliphatic heterocycles. The van der Waals surface area contributed by atoms with Crippen molar-refractivity contribution in [2.45, 2.75) is 31.3 Å². The fraction of sp³-hybridized carbons (Fsp3) is 0.429. The molecule has 2 aromatic rings. The molecule has 2 N–H and O–H groups in total. The van der Waals surface area contributed by atoms with Crippen molar-refractivity contribution in [2.24, 2.45) is 0 Å². The third-order valence-electron chi connectivity index (χ3n) is 5.45. The number of hydrogen-bond donors (Lipinski definition) is 2. The average Bonchev–Trinajstić information content (AvgIpc) is 3.17. The van der Waals surface area contributed by atoms with Crippen LogP contribution in [0.3, 0.4) is 0 Å². The Kier molecular flexibility index (Phi) is 5.36. The quantitative estimate of drug-likeness (QED) is 0.867. The Morgan fingerprint density at radius 1 is 1.04 bits per heavy atom. The number of ether oxygens (including phenoxy) is 1. The van der Waals surface area contributed by atoms with Gasteiger partial charge < -0.3 is 15.0 Å². The molecule has 27 heavy (non-hydrogen) atoms. The number of pyridine rings is 1. The van der Waals surface area contributed by atoms with Crippen LogP contribution in [0.4, 0.5) is 0 Å². The second-order valence-electron chi connectivity index (χ2n) is 7.29. The van der Waals surface area contributed by atoms with Crippen molar-refractivity contribution in [2.75, 3.05) is 26.3 Å². The molecule has 1 aromatic carbocycles. The molecule has 6 heteroatoms. The maximum atomic E-state index is 12.7. The minimum Gasteiger partial charge on any atom is -0.378 e. The lowest BCUT2D eigenvalue weighted by Gasteiger charge is -2.34. The molecule has 1 amide bonds. The Morgan fingerprint density at radius 3 is 2.56 bits per heavy atom. The van der Waals surface area contributed by atoms with Gasteiger partial charge >= 0.3 is 0 Å². The maximum Gasteiger partial charge on any atom is 0.251 e. The Balaban J connectivity index is 1.42. The first-order valence-electron chi connectivity index (χ1n) is 9.63. The van der Waals surface area contributed by atoms with Crippen LogP contribution < -0.4 is 10.9 Å². The Bertz CT molecular complexity index is 840. The fourth-order valence-corrected chi connectivity index (χ4v) is 3.96. The number of carbonyl (C=O) groups is 1. The highest BCUT2D eigenvalue weighted by atomic mass is 16.5. The molecular formula is C21H25N3O3. The molecule has 4 rings (SSSR count). The third-order valence-corrected chi connectivity index (χ3v) is 5.45. The molecule has 2 aliphatic rings. The number of amides is 1. The standard InChI is InChI=1S/C21H25N3O3/c25-20-6-4-5-17(22-20)15-7-9-16(10-8-15)21(26)23-18-13-27-14-19(18)24-11-2-1-3-12-24/h4-10,18-19H,1-3,11-14H2,(H,22,25)(H,23,26)/t18-,19-/m0/s1. The highest BCUT2D eigenvalue weighted by Crippen LogP contribution is 2.20. The number of carbonyl (C=O) groups excluding carboxylic acids is 1. The molecule has 0 bridgehead atoms. The van der Waals surface area contributed by atoms with E-state index in [-0.39, 0.29) is 23.6 Å². The van der Waals surface area contributed by atoms with Gasteiger partial charge in [-0.25, -0.2) is 0 Å². The van der Waals surface area contributed by atoms with Gasteiger partial charge in [0, 0.05) is 17.3 Å². The summed E-state index contributed by atoms with van der Waals surface area (Å²) in [6.07, 6.45) is 3.74. The number of rotatable bonds is 4. The van der Waals surface area contributed by atoms with Gasteiger partial charge in [-0.05, 0) is 49.7 Å². The first-order valence-corrected chi connectivity index (χ1v) is 9.63. The van der Waals surface area contributed by atoms with Crippen LogP contribution in [0, 0.1) is 0 Å². The molecule has 0 saturated carbocycles. The van der Waals surface area contributed by atoms with Crippen LogP contribution in [-0.2, 0) is 4.74 Å². The van der Waals surface area contributed by atoms with Gasteiger partial charge in [0.1, 0.15) is 0 Å². The number of benzene rings is 1. The van der Waals surface area contributed by atoms with Gasteiger partial charge in [0.05, 0.1) is 25.3 Å². The van der Waals surface area contributed by atoms with Crippen LogP contribution in [0.2, 0.25) is 0 Å². The number of nitrogens with zero attached hydrogens (tertiary/aromatic N) is 1. The van der Waals surface area contributed by atoms with Crippen LogP contribution in [-0.4, -0.2) is 54.2 Å².